The van der Waals surface area contributed by atoms with Gasteiger partial charge in [0.15, 0.2) is 0 Å². The topological polar surface area (TPSA) is 40.5 Å². The predicted molar refractivity (Wildman–Crippen MR) is 60.3 cm³/mol. The molecule has 14 heavy (non-hydrogen) atoms. The minimum absolute atomic E-state index is 0.166. The molecule has 0 aliphatic carbocycles. The van der Waals surface area contributed by atoms with Crippen LogP contribution in [0.15, 0.2) is 0 Å². The van der Waals surface area contributed by atoms with Crippen LogP contribution in [0.25, 0.3) is 0 Å². The Kier molecular flexibility index (Phi) is 8.20. The molecule has 2 N–H and O–H groups in total. The highest BCUT2D eigenvalue weighted by Crippen LogP contribution is 2.32. The highest BCUT2D eigenvalue weighted by Gasteiger charge is 2.23. The van der Waals surface area contributed by atoms with Gasteiger partial charge in [-0.3, -0.25) is 0 Å². The van der Waals surface area contributed by atoms with Gasteiger partial charge in [-0.2, -0.15) is 0 Å². The number of hydrogen-bond acceptors (Lipinski definition) is 2. The first-order chi connectivity index (χ1) is 6.74. The number of aliphatic hydroxyl groups is 2. The molecule has 0 radical (unpaired) electrons. The van der Waals surface area contributed by atoms with Gasteiger partial charge in [0.1, 0.15) is 0 Å². The number of aliphatic hydroxyl groups excluding tert-OH is 2. The van der Waals surface area contributed by atoms with Crippen molar-refractivity contribution in [2.75, 3.05) is 13.2 Å². The molecule has 0 aromatic heterocycles. The normalized spacial score (nSPS) is 12.0. The Balaban J connectivity index is 3.61. The van der Waals surface area contributed by atoms with Crippen molar-refractivity contribution in [3.63, 3.8) is 0 Å². The van der Waals surface area contributed by atoms with Crippen LogP contribution in [0.5, 0.6) is 0 Å². The van der Waals surface area contributed by atoms with Crippen molar-refractivity contribution in [1.29, 1.82) is 0 Å². The summed E-state index contributed by atoms with van der Waals surface area (Å²) in [5.41, 5.74) is 0.166. The maximum absolute atomic E-state index is 9.34. The van der Waals surface area contributed by atoms with Crippen LogP contribution >= 0.6 is 0 Å². The van der Waals surface area contributed by atoms with Crippen LogP contribution in [0.3, 0.4) is 0 Å². The van der Waals surface area contributed by atoms with Gasteiger partial charge >= 0.3 is 0 Å². The van der Waals surface area contributed by atoms with Gasteiger partial charge in [0.05, 0.1) is 0 Å². The van der Waals surface area contributed by atoms with E-state index in [1.807, 2.05) is 0 Å². The second-order valence-electron chi connectivity index (χ2n) is 4.25. The average molecular weight is 202 g/mol. The summed E-state index contributed by atoms with van der Waals surface area (Å²) in [4.78, 5) is 0. The summed E-state index contributed by atoms with van der Waals surface area (Å²) in [6.45, 7) is 4.95. The molecule has 0 fully saturated rings. The van der Waals surface area contributed by atoms with E-state index in [1.54, 1.807) is 0 Å². The average Bonchev–Trinajstić information content (AvgIpc) is 2.24. The number of hydrogen-bond donors (Lipinski definition) is 2. The maximum atomic E-state index is 9.34. The molecule has 0 heterocycles. The number of unbranched alkanes of at least 4 members (excludes halogenated alkanes) is 3. The third-order valence-corrected chi connectivity index (χ3v) is 3.45. The van der Waals surface area contributed by atoms with Crippen LogP contribution in [0.2, 0.25) is 0 Å². The van der Waals surface area contributed by atoms with Crippen LogP contribution in [0.4, 0.5) is 0 Å². The molecule has 0 bridgehead atoms. The molecular weight excluding hydrogens is 176 g/mol. The molecule has 0 aliphatic rings. The molecule has 0 saturated heterocycles. The Morgan fingerprint density at radius 2 is 1.43 bits per heavy atom. The molecule has 2 heteroatoms. The quantitative estimate of drug-likeness (QED) is 0.564. The van der Waals surface area contributed by atoms with Crippen molar-refractivity contribution < 1.29 is 10.2 Å². The van der Waals surface area contributed by atoms with E-state index < -0.39 is 0 Å². The summed E-state index contributed by atoms with van der Waals surface area (Å²) < 4.78 is 0. The SMILES string of the molecule is CCC(CC)(CO)CCCCCCO. The minimum Gasteiger partial charge on any atom is -0.396 e. The Labute approximate surface area is 88.3 Å². The first-order valence-corrected chi connectivity index (χ1v) is 5.96. The monoisotopic (exact) mass is 202 g/mol. The summed E-state index contributed by atoms with van der Waals surface area (Å²) in [7, 11) is 0. The molecule has 0 aromatic carbocycles. The molecule has 0 spiro atoms. The zero-order valence-electron chi connectivity index (χ0n) is 9.76. The van der Waals surface area contributed by atoms with E-state index in [4.69, 9.17) is 5.11 Å². The van der Waals surface area contributed by atoms with Gasteiger partial charge in [-0.1, -0.05) is 33.1 Å². The molecule has 0 saturated carbocycles. The summed E-state index contributed by atoms with van der Waals surface area (Å²) in [6, 6.07) is 0. The fourth-order valence-electron chi connectivity index (χ4n) is 1.87. The molecule has 86 valence electrons. The molecule has 0 rings (SSSR count). The zero-order valence-corrected chi connectivity index (χ0v) is 9.76. The Bertz CT molecular complexity index is 111. The van der Waals surface area contributed by atoms with Gasteiger partial charge in [0.25, 0.3) is 0 Å². The van der Waals surface area contributed by atoms with Crippen molar-refractivity contribution in [1.82, 2.24) is 0 Å². The third-order valence-electron chi connectivity index (χ3n) is 3.45. The third kappa shape index (κ3) is 4.97. The van der Waals surface area contributed by atoms with E-state index in [0.29, 0.717) is 13.2 Å². The fraction of sp³-hybridized carbons (Fsp3) is 1.00. The molecule has 2 nitrogen and oxygen atoms in total. The second-order valence-corrected chi connectivity index (χ2v) is 4.25. The Hall–Kier alpha value is -0.0800. The van der Waals surface area contributed by atoms with Crippen molar-refractivity contribution in [3.8, 4) is 0 Å². The molecule has 0 aromatic rings. The van der Waals surface area contributed by atoms with Crippen molar-refractivity contribution in [2.45, 2.75) is 58.8 Å². The Morgan fingerprint density at radius 1 is 0.857 bits per heavy atom. The molecule has 0 aliphatic heterocycles. The first-order valence-electron chi connectivity index (χ1n) is 5.96. The highest BCUT2D eigenvalue weighted by atomic mass is 16.3. The van der Waals surface area contributed by atoms with Crippen LogP contribution < -0.4 is 0 Å². The lowest BCUT2D eigenvalue weighted by molar-refractivity contribution is 0.102. The highest BCUT2D eigenvalue weighted by molar-refractivity contribution is 4.75. The predicted octanol–water partition coefficient (Wildman–Crippen LogP) is 2.73. The summed E-state index contributed by atoms with van der Waals surface area (Å²) in [5, 5.41) is 18.0. The lowest BCUT2D eigenvalue weighted by atomic mass is 9.78. The lowest BCUT2D eigenvalue weighted by Gasteiger charge is -2.29. The largest absolute Gasteiger partial charge is 0.396 e. The molecule has 0 atom stereocenters. The van der Waals surface area contributed by atoms with E-state index in [1.165, 1.54) is 12.8 Å². The van der Waals surface area contributed by atoms with Crippen molar-refractivity contribution in [3.05, 3.63) is 0 Å². The van der Waals surface area contributed by atoms with Gasteiger partial charge in [-0.15, -0.1) is 0 Å². The van der Waals surface area contributed by atoms with Gasteiger partial charge in [0.2, 0.25) is 0 Å². The standard InChI is InChI=1S/C12H26O2/c1-3-12(4-2,11-14)9-7-5-6-8-10-13/h13-14H,3-11H2,1-2H3. The second kappa shape index (κ2) is 8.25. The van der Waals surface area contributed by atoms with E-state index in [9.17, 15) is 5.11 Å². The number of rotatable bonds is 9. The smallest absolute Gasteiger partial charge is 0.0487 e. The molecular formula is C12H26O2. The van der Waals surface area contributed by atoms with Gasteiger partial charge in [0, 0.05) is 13.2 Å². The summed E-state index contributed by atoms with van der Waals surface area (Å²) in [5.74, 6) is 0. The Morgan fingerprint density at radius 3 is 1.86 bits per heavy atom. The van der Waals surface area contributed by atoms with Crippen molar-refractivity contribution in [2.24, 2.45) is 5.41 Å². The van der Waals surface area contributed by atoms with E-state index in [-0.39, 0.29) is 5.41 Å². The van der Waals surface area contributed by atoms with E-state index in [0.717, 1.165) is 32.1 Å². The first kappa shape index (κ1) is 13.9. The lowest BCUT2D eigenvalue weighted by Crippen LogP contribution is -2.23. The maximum Gasteiger partial charge on any atom is 0.0487 e. The van der Waals surface area contributed by atoms with Gasteiger partial charge in [-0.25, -0.2) is 0 Å². The van der Waals surface area contributed by atoms with Crippen LogP contribution in [0, 0.1) is 5.41 Å². The van der Waals surface area contributed by atoms with E-state index in [2.05, 4.69) is 13.8 Å². The van der Waals surface area contributed by atoms with Crippen LogP contribution in [-0.4, -0.2) is 23.4 Å². The molecule has 0 unspecified atom stereocenters. The van der Waals surface area contributed by atoms with Crippen LogP contribution in [0.1, 0.15) is 58.8 Å². The van der Waals surface area contributed by atoms with Crippen molar-refractivity contribution >= 4 is 0 Å². The molecule has 0 amide bonds. The fourth-order valence-corrected chi connectivity index (χ4v) is 1.87. The van der Waals surface area contributed by atoms with E-state index >= 15 is 0 Å². The van der Waals surface area contributed by atoms with Gasteiger partial charge in [-0.05, 0) is 31.1 Å². The summed E-state index contributed by atoms with van der Waals surface area (Å²) in [6.07, 6.45) is 7.67. The minimum atomic E-state index is 0.166. The zero-order chi connectivity index (χ0) is 10.9. The van der Waals surface area contributed by atoms with Crippen LogP contribution in [-0.2, 0) is 0 Å². The van der Waals surface area contributed by atoms with Gasteiger partial charge < -0.3 is 10.2 Å². The summed E-state index contributed by atoms with van der Waals surface area (Å²) >= 11 is 0.